The quantitative estimate of drug-likeness (QED) is 0.850. The second-order valence-electron chi connectivity index (χ2n) is 7.99. The Morgan fingerprint density at radius 3 is 3.04 bits per heavy atom. The van der Waals surface area contributed by atoms with Gasteiger partial charge < -0.3 is 15.0 Å². The molecule has 0 aromatic carbocycles. The number of halogens is 3. The Bertz CT molecular complexity index is 726. The van der Waals surface area contributed by atoms with E-state index in [9.17, 15) is 18.0 Å². The minimum atomic E-state index is -4.30. The number of carbonyl (C=O) groups is 1. The number of rotatable bonds is 5. The van der Waals surface area contributed by atoms with Crippen LogP contribution in [0.2, 0.25) is 0 Å². The zero-order chi connectivity index (χ0) is 19.2. The van der Waals surface area contributed by atoms with E-state index in [0.29, 0.717) is 6.54 Å². The molecule has 0 radical (unpaired) electrons. The number of hydrogen-bond acceptors (Lipinski definition) is 4. The maximum absolute atomic E-state index is 12.3. The van der Waals surface area contributed by atoms with Crippen LogP contribution in [0.15, 0.2) is 18.3 Å². The van der Waals surface area contributed by atoms with Crippen LogP contribution in [-0.4, -0.2) is 48.4 Å². The van der Waals surface area contributed by atoms with Gasteiger partial charge in [-0.15, -0.1) is 0 Å². The van der Waals surface area contributed by atoms with Crippen LogP contribution < -0.4 is 10.2 Å². The summed E-state index contributed by atoms with van der Waals surface area (Å²) >= 11 is 0. The van der Waals surface area contributed by atoms with Gasteiger partial charge in [0.15, 0.2) is 0 Å². The summed E-state index contributed by atoms with van der Waals surface area (Å²) < 4.78 is 43.2. The molecule has 2 bridgehead atoms. The Balaban J connectivity index is 1.39. The molecule has 3 fully saturated rings. The molecule has 4 heterocycles. The zero-order valence-electron chi connectivity index (χ0n) is 15.3. The molecule has 5 nitrogen and oxygen atoms in total. The Morgan fingerprint density at radius 1 is 1.48 bits per heavy atom. The number of hydrogen-bond donors (Lipinski definition) is 1. The van der Waals surface area contributed by atoms with Crippen molar-refractivity contribution in [1.29, 1.82) is 0 Å². The molecule has 4 atom stereocenters. The fourth-order valence-electron chi connectivity index (χ4n) is 4.96. The largest absolute Gasteiger partial charge is 0.389 e. The lowest BCUT2D eigenvalue weighted by atomic mass is 9.73. The number of nitrogens with one attached hydrogen (secondary N) is 1. The molecule has 148 valence electrons. The van der Waals surface area contributed by atoms with Gasteiger partial charge in [0.05, 0.1) is 18.1 Å². The lowest BCUT2D eigenvalue weighted by Crippen LogP contribution is -2.42. The van der Waals surface area contributed by atoms with E-state index in [1.807, 2.05) is 13.0 Å². The van der Waals surface area contributed by atoms with Crippen molar-refractivity contribution in [3.63, 3.8) is 0 Å². The summed E-state index contributed by atoms with van der Waals surface area (Å²) in [6.45, 7) is 4.00. The van der Waals surface area contributed by atoms with Crippen molar-refractivity contribution in [3.8, 4) is 0 Å². The summed E-state index contributed by atoms with van der Waals surface area (Å²) in [4.78, 5) is 18.3. The number of anilines is 1. The highest BCUT2D eigenvalue weighted by Crippen LogP contribution is 2.55. The molecular weight excluding hydrogens is 359 g/mol. The second-order valence-corrected chi connectivity index (χ2v) is 7.99. The molecule has 1 amide bonds. The van der Waals surface area contributed by atoms with Crippen LogP contribution in [0.25, 0.3) is 0 Å². The van der Waals surface area contributed by atoms with Crippen molar-refractivity contribution < 1.29 is 22.7 Å². The van der Waals surface area contributed by atoms with Gasteiger partial charge in [0, 0.05) is 55.5 Å². The van der Waals surface area contributed by atoms with Crippen molar-refractivity contribution in [2.24, 2.45) is 11.8 Å². The average molecular weight is 383 g/mol. The third-order valence-corrected chi connectivity index (χ3v) is 6.20. The summed E-state index contributed by atoms with van der Waals surface area (Å²) in [7, 11) is 0. The average Bonchev–Trinajstić information content (AvgIpc) is 3.25. The molecule has 0 saturated carbocycles. The van der Waals surface area contributed by atoms with E-state index in [1.165, 1.54) is 0 Å². The lowest BCUT2D eigenvalue weighted by Gasteiger charge is -2.29. The highest BCUT2D eigenvalue weighted by atomic mass is 19.4. The smallest absolute Gasteiger partial charge is 0.369 e. The lowest BCUT2D eigenvalue weighted by molar-refractivity contribution is -0.144. The number of alkyl halides is 3. The maximum Gasteiger partial charge on any atom is 0.389 e. The van der Waals surface area contributed by atoms with E-state index in [-0.39, 0.29) is 23.5 Å². The molecule has 1 spiro atoms. The van der Waals surface area contributed by atoms with Gasteiger partial charge in [0.25, 0.3) is 0 Å². The molecule has 3 saturated heterocycles. The van der Waals surface area contributed by atoms with Crippen LogP contribution in [0, 0.1) is 18.8 Å². The number of aryl methyl sites for hydroxylation is 1. The molecular formula is C19H24F3N3O2. The van der Waals surface area contributed by atoms with Crippen molar-refractivity contribution in [2.75, 3.05) is 24.5 Å². The monoisotopic (exact) mass is 383 g/mol. The number of aromatic nitrogens is 1. The molecule has 0 unspecified atom stereocenters. The van der Waals surface area contributed by atoms with Crippen molar-refractivity contribution in [3.05, 3.63) is 24.0 Å². The normalized spacial score (nSPS) is 32.0. The summed E-state index contributed by atoms with van der Waals surface area (Å²) in [6.07, 6.45) is -2.05. The molecule has 1 aromatic heterocycles. The molecule has 3 aliphatic heterocycles. The summed E-state index contributed by atoms with van der Waals surface area (Å²) in [5.74, 6) is -0.0991. The molecule has 27 heavy (non-hydrogen) atoms. The molecule has 1 aromatic rings. The van der Waals surface area contributed by atoms with E-state index in [2.05, 4.69) is 21.3 Å². The highest BCUT2D eigenvalue weighted by molar-refractivity contribution is 5.75. The highest BCUT2D eigenvalue weighted by Gasteiger charge is 2.62. The standard InChI is InChI=1S/C19H24F3N3O2/c1-12-8-13(4-7-23-12)25-10-15-14(16-2-5-18(15,11-25)27-16)9-24-17(26)3-6-19(20,21)22/h4,7-8,14-16H,2-3,5-6,9-11H2,1H3,(H,24,26)/t14-,15+,16+,18+/m0/s1. The minimum absolute atomic E-state index is 0.0965. The Labute approximate surface area is 156 Å². The first-order chi connectivity index (χ1) is 12.8. The van der Waals surface area contributed by atoms with Crippen LogP contribution in [0.5, 0.6) is 0 Å². The van der Waals surface area contributed by atoms with Crippen LogP contribution in [-0.2, 0) is 9.53 Å². The third-order valence-electron chi connectivity index (χ3n) is 6.20. The minimum Gasteiger partial charge on any atom is -0.369 e. The maximum atomic E-state index is 12.3. The molecule has 3 aliphatic rings. The summed E-state index contributed by atoms with van der Waals surface area (Å²) in [5.41, 5.74) is 1.88. The number of nitrogens with zero attached hydrogens (tertiary/aromatic N) is 2. The van der Waals surface area contributed by atoms with Gasteiger partial charge in [-0.3, -0.25) is 9.78 Å². The van der Waals surface area contributed by atoms with Gasteiger partial charge in [0.2, 0.25) is 5.91 Å². The number of pyridine rings is 1. The fourth-order valence-corrected chi connectivity index (χ4v) is 4.96. The van der Waals surface area contributed by atoms with Crippen LogP contribution in [0.1, 0.15) is 31.4 Å². The van der Waals surface area contributed by atoms with E-state index < -0.39 is 24.9 Å². The topological polar surface area (TPSA) is 54.5 Å². The van der Waals surface area contributed by atoms with Crippen molar-refractivity contribution >= 4 is 11.6 Å². The van der Waals surface area contributed by atoms with Gasteiger partial charge in [-0.2, -0.15) is 13.2 Å². The van der Waals surface area contributed by atoms with E-state index >= 15 is 0 Å². The number of carbonyl (C=O) groups excluding carboxylic acids is 1. The van der Waals surface area contributed by atoms with E-state index in [1.54, 1.807) is 6.20 Å². The number of amides is 1. The molecule has 1 N–H and O–H groups in total. The molecule has 8 heteroatoms. The first kappa shape index (κ1) is 18.5. The first-order valence-electron chi connectivity index (χ1n) is 9.45. The van der Waals surface area contributed by atoms with Gasteiger partial charge in [-0.1, -0.05) is 0 Å². The zero-order valence-corrected chi connectivity index (χ0v) is 15.3. The third kappa shape index (κ3) is 3.63. The van der Waals surface area contributed by atoms with Gasteiger partial charge in [-0.05, 0) is 31.9 Å². The number of ether oxygens (including phenoxy) is 1. The van der Waals surface area contributed by atoms with Gasteiger partial charge >= 0.3 is 6.18 Å². The van der Waals surface area contributed by atoms with Crippen LogP contribution >= 0.6 is 0 Å². The predicted molar refractivity (Wildman–Crippen MR) is 93.3 cm³/mol. The Kier molecular flexibility index (Phi) is 4.56. The predicted octanol–water partition coefficient (Wildman–Crippen LogP) is 2.83. The Morgan fingerprint density at radius 2 is 2.30 bits per heavy atom. The van der Waals surface area contributed by atoms with E-state index in [4.69, 9.17) is 4.74 Å². The van der Waals surface area contributed by atoms with Crippen LogP contribution in [0.3, 0.4) is 0 Å². The number of fused-ring (bicyclic) bond motifs is 1. The van der Waals surface area contributed by atoms with Crippen molar-refractivity contribution in [1.82, 2.24) is 10.3 Å². The van der Waals surface area contributed by atoms with E-state index in [0.717, 1.165) is 37.3 Å². The second kappa shape index (κ2) is 6.65. The van der Waals surface area contributed by atoms with Crippen LogP contribution in [0.4, 0.5) is 18.9 Å². The van der Waals surface area contributed by atoms with Gasteiger partial charge in [-0.25, -0.2) is 0 Å². The SMILES string of the molecule is Cc1cc(N2C[C@@H]3[C@H](CNC(=O)CCC(F)(F)F)[C@H]4CC[C@]3(C2)O4)ccn1. The summed E-state index contributed by atoms with van der Waals surface area (Å²) in [6, 6.07) is 4.04. The first-order valence-corrected chi connectivity index (χ1v) is 9.45. The summed E-state index contributed by atoms with van der Waals surface area (Å²) in [5, 5.41) is 2.71. The fraction of sp³-hybridized carbons (Fsp3) is 0.684. The Hall–Kier alpha value is -1.83. The van der Waals surface area contributed by atoms with Crippen molar-refractivity contribution in [2.45, 2.75) is 50.5 Å². The van der Waals surface area contributed by atoms with Gasteiger partial charge in [0.1, 0.15) is 0 Å². The molecule has 0 aliphatic carbocycles. The molecule has 4 rings (SSSR count).